The molecule has 1 unspecified atom stereocenters. The van der Waals surface area contributed by atoms with Crippen molar-refractivity contribution >= 4 is 0 Å². The molecule has 2 fully saturated rings. The average molecular weight is 371 g/mol. The smallest absolute Gasteiger partial charge is 0.146 e. The Bertz CT molecular complexity index is 754. The van der Waals surface area contributed by atoms with Crippen molar-refractivity contribution in [3.63, 3.8) is 0 Å². The summed E-state index contributed by atoms with van der Waals surface area (Å²) in [5, 5.41) is 3.59. The van der Waals surface area contributed by atoms with Gasteiger partial charge in [-0.25, -0.2) is 4.39 Å². The Kier molecular flexibility index (Phi) is 5.28. The van der Waals surface area contributed by atoms with Gasteiger partial charge in [0.25, 0.3) is 0 Å². The van der Waals surface area contributed by atoms with Gasteiger partial charge in [0, 0.05) is 13.0 Å². The second-order valence-corrected chi connectivity index (χ2v) is 7.43. The molecule has 1 spiro atoms. The van der Waals surface area contributed by atoms with Crippen LogP contribution in [0.1, 0.15) is 36.9 Å². The minimum atomic E-state index is -0.610. The third-order valence-corrected chi connectivity index (χ3v) is 5.36. The van der Waals surface area contributed by atoms with Crippen LogP contribution in [0.15, 0.2) is 54.6 Å². The summed E-state index contributed by atoms with van der Waals surface area (Å²) in [7, 11) is 0. The van der Waals surface area contributed by atoms with Crippen LogP contribution in [-0.2, 0) is 19.8 Å². The van der Waals surface area contributed by atoms with Gasteiger partial charge in [0.15, 0.2) is 0 Å². The molecule has 2 heterocycles. The molecule has 2 aromatic rings. The lowest BCUT2D eigenvalue weighted by Gasteiger charge is -2.45. The molecular formula is C22H26FNO3. The van der Waals surface area contributed by atoms with Crippen LogP contribution in [0.25, 0.3) is 0 Å². The molecule has 0 aliphatic carbocycles. The minimum absolute atomic E-state index is 0.00643. The number of rotatable bonds is 5. The van der Waals surface area contributed by atoms with Crippen molar-refractivity contribution in [2.45, 2.75) is 37.1 Å². The maximum atomic E-state index is 13.2. The molecule has 1 N–H and O–H groups in total. The van der Waals surface area contributed by atoms with Crippen molar-refractivity contribution in [2.75, 3.05) is 26.4 Å². The summed E-state index contributed by atoms with van der Waals surface area (Å²) in [6, 6.07) is 16.8. The van der Waals surface area contributed by atoms with E-state index in [9.17, 15) is 4.39 Å². The van der Waals surface area contributed by atoms with Gasteiger partial charge < -0.3 is 14.2 Å². The summed E-state index contributed by atoms with van der Waals surface area (Å²) in [4.78, 5) is 0. The lowest BCUT2D eigenvalue weighted by molar-refractivity contribution is -0.214. The van der Waals surface area contributed by atoms with Crippen molar-refractivity contribution in [2.24, 2.45) is 0 Å². The van der Waals surface area contributed by atoms with Crippen molar-refractivity contribution in [1.82, 2.24) is 5.32 Å². The molecule has 4 nitrogen and oxygen atoms in total. The average Bonchev–Trinajstić information content (AvgIpc) is 3.10. The third-order valence-electron chi connectivity index (χ3n) is 5.36. The van der Waals surface area contributed by atoms with E-state index in [-0.39, 0.29) is 11.9 Å². The summed E-state index contributed by atoms with van der Waals surface area (Å²) in [6.07, 6.45) is 1.61. The zero-order valence-corrected chi connectivity index (χ0v) is 15.6. The minimum Gasteiger partial charge on any atom is -0.374 e. The summed E-state index contributed by atoms with van der Waals surface area (Å²) in [6.45, 7) is 4.26. The molecule has 144 valence electrons. The second-order valence-electron chi connectivity index (χ2n) is 7.43. The highest BCUT2D eigenvalue weighted by Gasteiger charge is 2.52. The lowest BCUT2D eigenvalue weighted by atomic mass is 9.84. The molecule has 0 bridgehead atoms. The van der Waals surface area contributed by atoms with Crippen LogP contribution in [0.4, 0.5) is 4.39 Å². The molecule has 0 saturated carbocycles. The maximum Gasteiger partial charge on any atom is 0.146 e. The number of ether oxygens (including phenoxy) is 3. The Morgan fingerprint density at radius 1 is 1.11 bits per heavy atom. The molecule has 3 atom stereocenters. The van der Waals surface area contributed by atoms with Crippen LogP contribution in [0.3, 0.4) is 0 Å². The van der Waals surface area contributed by atoms with Gasteiger partial charge in [0.05, 0.1) is 25.9 Å². The fourth-order valence-corrected chi connectivity index (χ4v) is 4.05. The first-order valence-electron chi connectivity index (χ1n) is 9.59. The predicted molar refractivity (Wildman–Crippen MR) is 101 cm³/mol. The zero-order chi connectivity index (χ0) is 18.7. The largest absolute Gasteiger partial charge is 0.374 e. The number of benzene rings is 2. The fourth-order valence-electron chi connectivity index (χ4n) is 4.05. The Balaban J connectivity index is 1.58. The van der Waals surface area contributed by atoms with E-state index >= 15 is 0 Å². The SMILES string of the molecule is CCCO[C@]1(c2ccccc2)COCC2(C1)N[C@@H](c1ccc(F)cc1)CO2. The normalized spacial score (nSPS) is 30.7. The van der Waals surface area contributed by atoms with E-state index in [2.05, 4.69) is 24.4 Å². The van der Waals surface area contributed by atoms with E-state index in [1.54, 1.807) is 12.1 Å². The molecule has 2 saturated heterocycles. The fraction of sp³-hybridized carbons (Fsp3) is 0.455. The zero-order valence-electron chi connectivity index (χ0n) is 15.6. The highest BCUT2D eigenvalue weighted by atomic mass is 19.1. The highest BCUT2D eigenvalue weighted by Crippen LogP contribution is 2.42. The van der Waals surface area contributed by atoms with Gasteiger partial charge in [-0.05, 0) is 29.7 Å². The van der Waals surface area contributed by atoms with Gasteiger partial charge in [-0.3, -0.25) is 5.32 Å². The summed E-state index contributed by atoms with van der Waals surface area (Å²) in [5.74, 6) is -0.232. The molecule has 0 amide bonds. The van der Waals surface area contributed by atoms with Crippen molar-refractivity contribution < 1.29 is 18.6 Å². The Morgan fingerprint density at radius 3 is 2.63 bits per heavy atom. The summed E-state index contributed by atoms with van der Waals surface area (Å²) >= 11 is 0. The first-order chi connectivity index (χ1) is 13.1. The van der Waals surface area contributed by atoms with Crippen molar-refractivity contribution in [1.29, 1.82) is 0 Å². The van der Waals surface area contributed by atoms with Gasteiger partial charge in [0.2, 0.25) is 0 Å². The first-order valence-corrected chi connectivity index (χ1v) is 9.59. The molecule has 27 heavy (non-hydrogen) atoms. The summed E-state index contributed by atoms with van der Waals surface area (Å²) < 4.78 is 31.8. The van der Waals surface area contributed by atoms with Gasteiger partial charge in [-0.1, -0.05) is 49.4 Å². The standard InChI is InChI=1S/C22H26FNO3/c1-2-12-26-21(18-6-4-3-5-7-18)14-22(16-25-15-21)24-20(13-27-22)17-8-10-19(23)11-9-17/h3-11,20,24H,2,12-16H2,1H3/t20-,21+,22?/m1/s1. The molecule has 2 aliphatic rings. The first kappa shape index (κ1) is 18.6. The Labute approximate surface area is 159 Å². The van der Waals surface area contributed by atoms with Crippen molar-refractivity contribution in [3.8, 4) is 0 Å². The monoisotopic (exact) mass is 371 g/mol. The number of halogens is 1. The molecule has 4 rings (SSSR count). The van der Waals surface area contributed by atoms with Crippen LogP contribution in [-0.4, -0.2) is 32.2 Å². The highest BCUT2D eigenvalue weighted by molar-refractivity contribution is 5.26. The molecule has 2 aliphatic heterocycles. The van der Waals surface area contributed by atoms with E-state index < -0.39 is 11.3 Å². The van der Waals surface area contributed by atoms with Crippen LogP contribution in [0.5, 0.6) is 0 Å². The van der Waals surface area contributed by atoms with Crippen LogP contribution in [0, 0.1) is 5.82 Å². The van der Waals surface area contributed by atoms with Crippen molar-refractivity contribution in [3.05, 3.63) is 71.5 Å². The maximum absolute atomic E-state index is 13.2. The lowest BCUT2D eigenvalue weighted by Crippen LogP contribution is -2.57. The van der Waals surface area contributed by atoms with E-state index in [1.807, 2.05) is 18.2 Å². The second kappa shape index (κ2) is 7.68. The van der Waals surface area contributed by atoms with Crippen LogP contribution < -0.4 is 5.32 Å². The topological polar surface area (TPSA) is 39.7 Å². The van der Waals surface area contributed by atoms with Gasteiger partial charge in [0.1, 0.15) is 17.1 Å². The summed E-state index contributed by atoms with van der Waals surface area (Å²) in [5.41, 5.74) is 0.966. The van der Waals surface area contributed by atoms with E-state index in [0.717, 1.165) is 17.5 Å². The molecule has 5 heteroatoms. The number of hydrogen-bond acceptors (Lipinski definition) is 4. The third kappa shape index (κ3) is 3.78. The Morgan fingerprint density at radius 2 is 1.89 bits per heavy atom. The van der Waals surface area contributed by atoms with Gasteiger partial charge in [-0.2, -0.15) is 0 Å². The molecule has 2 aromatic carbocycles. The van der Waals surface area contributed by atoms with E-state index in [0.29, 0.717) is 32.8 Å². The van der Waals surface area contributed by atoms with E-state index in [4.69, 9.17) is 14.2 Å². The van der Waals surface area contributed by atoms with Gasteiger partial charge >= 0.3 is 0 Å². The van der Waals surface area contributed by atoms with Crippen LogP contribution >= 0.6 is 0 Å². The quantitative estimate of drug-likeness (QED) is 0.865. The molecule has 0 radical (unpaired) electrons. The van der Waals surface area contributed by atoms with Crippen LogP contribution in [0.2, 0.25) is 0 Å². The predicted octanol–water partition coefficient (Wildman–Crippen LogP) is 3.93. The van der Waals surface area contributed by atoms with E-state index in [1.165, 1.54) is 12.1 Å². The van der Waals surface area contributed by atoms with Gasteiger partial charge in [-0.15, -0.1) is 0 Å². The number of nitrogens with one attached hydrogen (secondary N) is 1. The molecular weight excluding hydrogens is 345 g/mol. The number of hydrogen-bond donors (Lipinski definition) is 1. The Hall–Kier alpha value is -1.79. The molecule has 0 aromatic heterocycles.